The van der Waals surface area contributed by atoms with Crippen molar-refractivity contribution in [2.75, 3.05) is 26.2 Å². The van der Waals surface area contributed by atoms with Gasteiger partial charge < -0.3 is 10.0 Å². The molecule has 0 saturated carbocycles. The van der Waals surface area contributed by atoms with Gasteiger partial charge in [0.05, 0.1) is 6.61 Å². The van der Waals surface area contributed by atoms with Gasteiger partial charge in [0.2, 0.25) is 5.91 Å². The van der Waals surface area contributed by atoms with Crippen LogP contribution in [0.15, 0.2) is 28.7 Å². The SMILES string of the molecule is CC(=O)N1CCCCN2[C@H](CO)[C@H](c3ccc(Br)cc3)[C@H]2C1. The first-order valence-electron chi connectivity index (χ1n) is 7.99. The number of aliphatic hydroxyl groups excluding tert-OH is 1. The average Bonchev–Trinajstić information content (AvgIpc) is 2.47. The second kappa shape index (κ2) is 6.69. The van der Waals surface area contributed by atoms with Gasteiger partial charge >= 0.3 is 0 Å². The highest BCUT2D eigenvalue weighted by Crippen LogP contribution is 2.42. The van der Waals surface area contributed by atoms with E-state index in [1.54, 1.807) is 6.92 Å². The zero-order chi connectivity index (χ0) is 15.7. The zero-order valence-corrected chi connectivity index (χ0v) is 14.5. The van der Waals surface area contributed by atoms with E-state index in [1.807, 2.05) is 4.90 Å². The number of hydrogen-bond acceptors (Lipinski definition) is 3. The molecule has 0 aliphatic carbocycles. The Hall–Kier alpha value is -0.910. The third-order valence-corrected chi connectivity index (χ3v) is 5.60. The Morgan fingerprint density at radius 3 is 2.59 bits per heavy atom. The Kier molecular flexibility index (Phi) is 4.85. The second-order valence-corrected chi connectivity index (χ2v) is 7.22. The molecule has 1 aromatic carbocycles. The molecular weight excluding hydrogens is 344 g/mol. The standard InChI is InChI=1S/C17H23BrN2O2/c1-12(22)19-8-2-3-9-20-15(10-19)17(16(20)11-21)13-4-6-14(18)7-5-13/h4-7,15-17,21H,2-3,8-11H2,1H3/t15-,16-,17-/m1/s1. The molecule has 0 spiro atoms. The summed E-state index contributed by atoms with van der Waals surface area (Å²) in [6.07, 6.45) is 2.13. The Morgan fingerprint density at radius 1 is 1.27 bits per heavy atom. The van der Waals surface area contributed by atoms with E-state index in [0.717, 1.165) is 36.9 Å². The smallest absolute Gasteiger partial charge is 0.219 e. The van der Waals surface area contributed by atoms with Crippen molar-refractivity contribution in [3.05, 3.63) is 34.3 Å². The molecular formula is C17H23BrN2O2. The maximum atomic E-state index is 11.8. The van der Waals surface area contributed by atoms with E-state index in [9.17, 15) is 9.90 Å². The van der Waals surface area contributed by atoms with E-state index in [-0.39, 0.29) is 18.6 Å². The summed E-state index contributed by atoms with van der Waals surface area (Å²) < 4.78 is 1.07. The van der Waals surface area contributed by atoms with Crippen molar-refractivity contribution >= 4 is 21.8 Å². The Morgan fingerprint density at radius 2 is 1.95 bits per heavy atom. The second-order valence-electron chi connectivity index (χ2n) is 6.30. The predicted molar refractivity (Wildman–Crippen MR) is 89.7 cm³/mol. The fourth-order valence-electron chi connectivity index (χ4n) is 3.91. The lowest BCUT2D eigenvalue weighted by Crippen LogP contribution is -2.67. The fraction of sp³-hybridized carbons (Fsp3) is 0.588. The molecule has 2 aliphatic rings. The minimum Gasteiger partial charge on any atom is -0.395 e. The van der Waals surface area contributed by atoms with Crippen molar-refractivity contribution in [3.8, 4) is 0 Å². The number of benzene rings is 1. The van der Waals surface area contributed by atoms with Gasteiger partial charge in [-0.15, -0.1) is 0 Å². The predicted octanol–water partition coefficient (Wildman–Crippen LogP) is 2.22. The van der Waals surface area contributed by atoms with Crippen LogP contribution in [-0.4, -0.2) is 59.1 Å². The van der Waals surface area contributed by atoms with E-state index in [2.05, 4.69) is 45.1 Å². The van der Waals surface area contributed by atoms with Crippen LogP contribution >= 0.6 is 15.9 Å². The molecule has 1 N–H and O–H groups in total. The first-order valence-corrected chi connectivity index (χ1v) is 8.78. The van der Waals surface area contributed by atoms with Gasteiger partial charge in [-0.2, -0.15) is 0 Å². The van der Waals surface area contributed by atoms with Crippen molar-refractivity contribution in [2.45, 2.75) is 37.8 Å². The number of rotatable bonds is 2. The van der Waals surface area contributed by atoms with Crippen molar-refractivity contribution in [1.29, 1.82) is 0 Å². The van der Waals surface area contributed by atoms with E-state index in [4.69, 9.17) is 0 Å². The summed E-state index contributed by atoms with van der Waals surface area (Å²) in [5.41, 5.74) is 1.26. The number of fused-ring (bicyclic) bond motifs is 1. The lowest BCUT2D eigenvalue weighted by atomic mass is 9.74. The number of amides is 1. The lowest BCUT2D eigenvalue weighted by molar-refractivity contribution is -0.134. The Labute approximate surface area is 140 Å². The molecule has 0 unspecified atom stereocenters. The van der Waals surface area contributed by atoms with Gasteiger partial charge in [0.1, 0.15) is 0 Å². The molecule has 2 heterocycles. The maximum Gasteiger partial charge on any atom is 0.219 e. The minimum atomic E-state index is 0.156. The van der Waals surface area contributed by atoms with Gasteiger partial charge in [-0.3, -0.25) is 9.69 Å². The van der Waals surface area contributed by atoms with Gasteiger partial charge in [0.15, 0.2) is 0 Å². The van der Waals surface area contributed by atoms with Gasteiger partial charge in [-0.25, -0.2) is 0 Å². The molecule has 3 atom stereocenters. The van der Waals surface area contributed by atoms with Crippen LogP contribution in [0.2, 0.25) is 0 Å². The van der Waals surface area contributed by atoms with Crippen LogP contribution in [0, 0.1) is 0 Å². The van der Waals surface area contributed by atoms with Crippen molar-refractivity contribution < 1.29 is 9.90 Å². The van der Waals surface area contributed by atoms with Crippen molar-refractivity contribution in [2.24, 2.45) is 0 Å². The molecule has 1 aromatic rings. The minimum absolute atomic E-state index is 0.156. The number of carbonyl (C=O) groups is 1. The molecule has 2 fully saturated rings. The average molecular weight is 367 g/mol. The summed E-state index contributed by atoms with van der Waals surface area (Å²) in [6, 6.07) is 8.87. The van der Waals surface area contributed by atoms with Crippen LogP contribution < -0.4 is 0 Å². The number of nitrogens with zero attached hydrogens (tertiary/aromatic N) is 2. The van der Waals surface area contributed by atoms with Crippen LogP contribution in [0.1, 0.15) is 31.2 Å². The normalized spacial score (nSPS) is 29.2. The molecule has 5 heteroatoms. The van der Waals surface area contributed by atoms with Crippen molar-refractivity contribution in [1.82, 2.24) is 9.80 Å². The third-order valence-electron chi connectivity index (χ3n) is 5.07. The molecule has 2 aliphatic heterocycles. The topological polar surface area (TPSA) is 43.8 Å². The van der Waals surface area contributed by atoms with E-state index < -0.39 is 0 Å². The first-order chi connectivity index (χ1) is 10.6. The van der Waals surface area contributed by atoms with Crippen LogP contribution in [0.25, 0.3) is 0 Å². The Bertz CT molecular complexity index is 534. The van der Waals surface area contributed by atoms with E-state index >= 15 is 0 Å². The highest BCUT2D eigenvalue weighted by molar-refractivity contribution is 9.10. The summed E-state index contributed by atoms with van der Waals surface area (Å²) in [5, 5.41) is 9.82. The van der Waals surface area contributed by atoms with Crippen LogP contribution in [-0.2, 0) is 4.79 Å². The summed E-state index contributed by atoms with van der Waals surface area (Å²) in [7, 11) is 0. The van der Waals surface area contributed by atoms with Gasteiger partial charge in [0.25, 0.3) is 0 Å². The molecule has 22 heavy (non-hydrogen) atoms. The number of carbonyl (C=O) groups excluding carboxylic acids is 1. The summed E-state index contributed by atoms with van der Waals surface area (Å²) in [4.78, 5) is 16.2. The highest BCUT2D eigenvalue weighted by atomic mass is 79.9. The zero-order valence-electron chi connectivity index (χ0n) is 12.9. The van der Waals surface area contributed by atoms with Crippen LogP contribution in [0.5, 0.6) is 0 Å². The lowest BCUT2D eigenvalue weighted by Gasteiger charge is -2.57. The fourth-order valence-corrected chi connectivity index (χ4v) is 4.18. The van der Waals surface area contributed by atoms with E-state index in [1.165, 1.54) is 5.56 Å². The van der Waals surface area contributed by atoms with Crippen molar-refractivity contribution in [3.63, 3.8) is 0 Å². The van der Waals surface area contributed by atoms with E-state index in [0.29, 0.717) is 12.0 Å². The van der Waals surface area contributed by atoms with Gasteiger partial charge in [-0.1, -0.05) is 28.1 Å². The molecule has 0 bridgehead atoms. The van der Waals surface area contributed by atoms with Gasteiger partial charge in [-0.05, 0) is 37.1 Å². The molecule has 1 amide bonds. The highest BCUT2D eigenvalue weighted by Gasteiger charge is 2.49. The number of halogens is 1. The Balaban J connectivity index is 1.84. The third kappa shape index (κ3) is 2.94. The van der Waals surface area contributed by atoms with Crippen LogP contribution in [0.4, 0.5) is 0 Å². The quantitative estimate of drug-likeness (QED) is 0.872. The molecule has 0 radical (unpaired) electrons. The first kappa shape index (κ1) is 16.0. The molecule has 120 valence electrons. The monoisotopic (exact) mass is 366 g/mol. The van der Waals surface area contributed by atoms with Gasteiger partial charge in [0, 0.05) is 42.5 Å². The van der Waals surface area contributed by atoms with Crippen LogP contribution in [0.3, 0.4) is 0 Å². The largest absolute Gasteiger partial charge is 0.395 e. The summed E-state index contributed by atoms with van der Waals surface area (Å²) >= 11 is 3.47. The molecule has 0 aromatic heterocycles. The summed E-state index contributed by atoms with van der Waals surface area (Å²) in [6.45, 7) is 4.48. The number of aliphatic hydroxyl groups is 1. The molecule has 4 nitrogen and oxygen atoms in total. The number of hydrogen-bond donors (Lipinski definition) is 1. The molecule has 3 rings (SSSR count). The maximum absolute atomic E-state index is 11.8. The molecule has 2 saturated heterocycles. The summed E-state index contributed by atoms with van der Waals surface area (Å²) in [5.74, 6) is 0.460.